The van der Waals surface area contributed by atoms with E-state index in [4.69, 9.17) is 9.84 Å². The summed E-state index contributed by atoms with van der Waals surface area (Å²) in [6.07, 6.45) is 0. The van der Waals surface area contributed by atoms with Gasteiger partial charge in [-0.25, -0.2) is 4.79 Å². The van der Waals surface area contributed by atoms with Gasteiger partial charge in [0.1, 0.15) is 17.1 Å². The lowest BCUT2D eigenvalue weighted by atomic mass is 10.2. The number of para-hydroxylation sites is 1. The minimum Gasteiger partial charge on any atom is -0.478 e. The second-order valence-corrected chi connectivity index (χ2v) is 4.61. The lowest BCUT2D eigenvalue weighted by molar-refractivity contribution is 0.0694. The highest BCUT2D eigenvalue weighted by atomic mass is 127. The number of aromatic carboxylic acids is 1. The number of hydrogen-bond acceptors (Lipinski definition) is 2. The molecule has 0 spiro atoms. The van der Waals surface area contributed by atoms with Gasteiger partial charge in [-0.1, -0.05) is 18.2 Å². The number of halogens is 1. The number of carboxylic acid groups (broad SMARTS) is 1. The van der Waals surface area contributed by atoms with Gasteiger partial charge in [0.25, 0.3) is 0 Å². The lowest BCUT2D eigenvalue weighted by Crippen LogP contribution is -2.00. The zero-order valence-corrected chi connectivity index (χ0v) is 10.9. The molecule has 0 aliphatic rings. The molecule has 2 rings (SSSR count). The number of rotatable bonds is 3. The van der Waals surface area contributed by atoms with E-state index in [1.165, 1.54) is 0 Å². The van der Waals surface area contributed by atoms with Gasteiger partial charge in [0.05, 0.1) is 0 Å². The molecule has 0 aliphatic heterocycles. The summed E-state index contributed by atoms with van der Waals surface area (Å²) in [7, 11) is 0. The number of hydrogen-bond donors (Lipinski definition) is 1. The maximum absolute atomic E-state index is 11.1. The maximum Gasteiger partial charge on any atom is 0.339 e. The van der Waals surface area contributed by atoms with Crippen molar-refractivity contribution in [1.29, 1.82) is 0 Å². The van der Waals surface area contributed by atoms with Crippen molar-refractivity contribution < 1.29 is 14.6 Å². The SMILES string of the molecule is O=C(O)c1cc(I)ccc1Oc1ccccc1. The molecule has 0 saturated heterocycles. The smallest absolute Gasteiger partial charge is 0.339 e. The molecule has 0 fully saturated rings. The number of ether oxygens (including phenoxy) is 1. The molecular weight excluding hydrogens is 331 g/mol. The quantitative estimate of drug-likeness (QED) is 0.865. The molecule has 2 aromatic carbocycles. The first-order valence-electron chi connectivity index (χ1n) is 4.92. The Labute approximate surface area is 112 Å². The second-order valence-electron chi connectivity index (χ2n) is 3.36. The van der Waals surface area contributed by atoms with Crippen molar-refractivity contribution in [3.05, 3.63) is 57.7 Å². The van der Waals surface area contributed by atoms with Crippen molar-refractivity contribution in [2.45, 2.75) is 0 Å². The molecule has 0 saturated carbocycles. The van der Waals surface area contributed by atoms with Crippen molar-refractivity contribution in [3.8, 4) is 11.5 Å². The van der Waals surface area contributed by atoms with Crippen LogP contribution in [0.3, 0.4) is 0 Å². The van der Waals surface area contributed by atoms with Crippen LogP contribution in [0.2, 0.25) is 0 Å². The van der Waals surface area contributed by atoms with Gasteiger partial charge >= 0.3 is 5.97 Å². The molecule has 0 aliphatic carbocycles. The minimum absolute atomic E-state index is 0.167. The van der Waals surface area contributed by atoms with E-state index >= 15 is 0 Å². The van der Waals surface area contributed by atoms with Gasteiger partial charge in [-0.2, -0.15) is 0 Å². The molecule has 0 heterocycles. The molecule has 2 aromatic rings. The first kappa shape index (κ1) is 11.9. The zero-order chi connectivity index (χ0) is 12.3. The van der Waals surface area contributed by atoms with Crippen LogP contribution < -0.4 is 4.74 Å². The highest BCUT2D eigenvalue weighted by molar-refractivity contribution is 14.1. The van der Waals surface area contributed by atoms with Crippen LogP contribution >= 0.6 is 22.6 Å². The Bertz CT molecular complexity index is 538. The van der Waals surface area contributed by atoms with Crippen LogP contribution in [0.15, 0.2) is 48.5 Å². The maximum atomic E-state index is 11.1. The predicted octanol–water partition coefficient (Wildman–Crippen LogP) is 3.78. The molecule has 4 heteroatoms. The van der Waals surface area contributed by atoms with E-state index in [1.54, 1.807) is 24.3 Å². The summed E-state index contributed by atoms with van der Waals surface area (Å²) in [6, 6.07) is 14.2. The highest BCUT2D eigenvalue weighted by Gasteiger charge is 2.12. The summed E-state index contributed by atoms with van der Waals surface area (Å²) >= 11 is 2.07. The molecule has 3 nitrogen and oxygen atoms in total. The van der Waals surface area contributed by atoms with Crippen molar-refractivity contribution in [1.82, 2.24) is 0 Å². The molecule has 86 valence electrons. The van der Waals surface area contributed by atoms with Gasteiger partial charge < -0.3 is 9.84 Å². The monoisotopic (exact) mass is 340 g/mol. The Balaban J connectivity index is 2.36. The van der Waals surface area contributed by atoms with Crippen molar-refractivity contribution in [2.75, 3.05) is 0 Å². The van der Waals surface area contributed by atoms with Gasteiger partial charge in [0, 0.05) is 3.57 Å². The Morgan fingerprint density at radius 1 is 1.12 bits per heavy atom. The van der Waals surface area contributed by atoms with Crippen LogP contribution in [0.4, 0.5) is 0 Å². The molecule has 0 amide bonds. The minimum atomic E-state index is -0.991. The predicted molar refractivity (Wildman–Crippen MR) is 72.6 cm³/mol. The fraction of sp³-hybridized carbons (Fsp3) is 0. The third kappa shape index (κ3) is 2.97. The summed E-state index contributed by atoms with van der Waals surface area (Å²) in [5.74, 6) is -0.0187. The van der Waals surface area contributed by atoms with E-state index in [9.17, 15) is 4.79 Å². The van der Waals surface area contributed by atoms with E-state index < -0.39 is 5.97 Å². The van der Waals surface area contributed by atoms with Crippen LogP contribution in [0.5, 0.6) is 11.5 Å². The number of carboxylic acids is 1. The normalized spacial score (nSPS) is 9.94. The lowest BCUT2D eigenvalue weighted by Gasteiger charge is -2.08. The summed E-state index contributed by atoms with van der Waals surface area (Å²) < 4.78 is 6.40. The second kappa shape index (κ2) is 5.18. The number of benzene rings is 2. The first-order chi connectivity index (χ1) is 8.16. The van der Waals surface area contributed by atoms with E-state index in [-0.39, 0.29) is 5.56 Å². The van der Waals surface area contributed by atoms with Gasteiger partial charge in [0.15, 0.2) is 0 Å². The Hall–Kier alpha value is -1.56. The fourth-order valence-electron chi connectivity index (χ4n) is 1.37. The van der Waals surface area contributed by atoms with Crippen LogP contribution in [-0.2, 0) is 0 Å². The van der Waals surface area contributed by atoms with E-state index in [0.29, 0.717) is 11.5 Å². The molecule has 0 unspecified atom stereocenters. The number of carbonyl (C=O) groups is 1. The van der Waals surface area contributed by atoms with Gasteiger partial charge in [-0.15, -0.1) is 0 Å². The van der Waals surface area contributed by atoms with Crippen LogP contribution in [0.1, 0.15) is 10.4 Å². The molecule has 0 atom stereocenters. The van der Waals surface area contributed by atoms with Crippen LogP contribution in [-0.4, -0.2) is 11.1 Å². The van der Waals surface area contributed by atoms with Crippen molar-refractivity contribution in [2.24, 2.45) is 0 Å². The average molecular weight is 340 g/mol. The summed E-state index contributed by atoms with van der Waals surface area (Å²) in [5.41, 5.74) is 0.167. The van der Waals surface area contributed by atoms with E-state index in [1.807, 2.05) is 24.3 Å². The molecule has 0 aromatic heterocycles. The van der Waals surface area contributed by atoms with Crippen LogP contribution in [0.25, 0.3) is 0 Å². The zero-order valence-electron chi connectivity index (χ0n) is 8.76. The average Bonchev–Trinajstić information content (AvgIpc) is 2.32. The standard InChI is InChI=1S/C13H9IO3/c14-9-6-7-12(11(8-9)13(15)16)17-10-4-2-1-3-5-10/h1-8H,(H,15,16). The first-order valence-corrected chi connectivity index (χ1v) is 6.00. The Kier molecular flexibility index (Phi) is 3.63. The summed E-state index contributed by atoms with van der Waals surface area (Å²) in [5, 5.41) is 9.08. The fourth-order valence-corrected chi connectivity index (χ4v) is 1.87. The Morgan fingerprint density at radius 3 is 2.47 bits per heavy atom. The molecule has 0 bridgehead atoms. The summed E-state index contributed by atoms with van der Waals surface area (Å²) in [6.45, 7) is 0. The van der Waals surface area contributed by atoms with E-state index in [0.717, 1.165) is 3.57 Å². The molecule has 1 N–H and O–H groups in total. The van der Waals surface area contributed by atoms with Crippen molar-refractivity contribution in [3.63, 3.8) is 0 Å². The van der Waals surface area contributed by atoms with Gasteiger partial charge in [0.2, 0.25) is 0 Å². The molecular formula is C13H9IO3. The van der Waals surface area contributed by atoms with E-state index in [2.05, 4.69) is 22.6 Å². The van der Waals surface area contributed by atoms with Crippen LogP contribution in [0, 0.1) is 3.57 Å². The van der Waals surface area contributed by atoms with Gasteiger partial charge in [-0.3, -0.25) is 0 Å². The topological polar surface area (TPSA) is 46.5 Å². The van der Waals surface area contributed by atoms with Gasteiger partial charge in [-0.05, 0) is 52.9 Å². The highest BCUT2D eigenvalue weighted by Crippen LogP contribution is 2.26. The Morgan fingerprint density at radius 2 is 1.82 bits per heavy atom. The van der Waals surface area contributed by atoms with Crippen molar-refractivity contribution >= 4 is 28.6 Å². The third-order valence-electron chi connectivity index (χ3n) is 2.14. The largest absolute Gasteiger partial charge is 0.478 e. The molecule has 0 radical (unpaired) electrons. The third-order valence-corrected chi connectivity index (χ3v) is 2.81. The summed E-state index contributed by atoms with van der Waals surface area (Å²) in [4.78, 5) is 11.1. The molecule has 17 heavy (non-hydrogen) atoms.